The van der Waals surface area contributed by atoms with Crippen molar-refractivity contribution >= 4 is 11.9 Å². The number of aliphatic hydroxyl groups is 4. The van der Waals surface area contributed by atoms with E-state index in [1.165, 1.54) is 18.2 Å². The Balaban J connectivity index is 1.64. The standard InChI is InChI=1S/C21H22O8/c22-11-17-18(25)19(26)20(27)21(29-17)28-13-8-5-12(6-9-13)7-10-16(24)14-3-1-2-4-15(14)23/h1-10,17-23,25-27H,11H2/t17-,18-,19-,20+,21+/m1/s1. The molecule has 5 N–H and O–H groups in total. The molecule has 1 heterocycles. The Morgan fingerprint density at radius 2 is 1.69 bits per heavy atom. The number of para-hydroxylation sites is 1. The van der Waals surface area contributed by atoms with Crippen LogP contribution in [0.25, 0.3) is 6.08 Å². The van der Waals surface area contributed by atoms with Gasteiger partial charge in [-0.05, 0) is 35.9 Å². The number of aliphatic hydroxyl groups excluding tert-OH is 4. The first-order valence-corrected chi connectivity index (χ1v) is 8.98. The first kappa shape index (κ1) is 21.0. The Hall–Kier alpha value is -2.75. The highest BCUT2D eigenvalue weighted by molar-refractivity contribution is 6.08. The first-order valence-electron chi connectivity index (χ1n) is 8.98. The SMILES string of the molecule is O=C(C=Cc1ccc(O[C@H]2O[C@H](CO)[C@@H](O)[C@@H](O)[C@@H]2O)cc1)c1ccccc1O. The van der Waals surface area contributed by atoms with Gasteiger partial charge in [0.25, 0.3) is 0 Å². The van der Waals surface area contributed by atoms with E-state index in [1.54, 1.807) is 42.5 Å². The van der Waals surface area contributed by atoms with Gasteiger partial charge in [-0.2, -0.15) is 0 Å². The van der Waals surface area contributed by atoms with Crippen LogP contribution in [0.4, 0.5) is 0 Å². The van der Waals surface area contributed by atoms with Crippen LogP contribution >= 0.6 is 0 Å². The highest BCUT2D eigenvalue weighted by atomic mass is 16.7. The molecule has 0 amide bonds. The van der Waals surface area contributed by atoms with Gasteiger partial charge in [-0.1, -0.05) is 30.3 Å². The summed E-state index contributed by atoms with van der Waals surface area (Å²) in [7, 11) is 0. The molecule has 0 aliphatic carbocycles. The maximum atomic E-state index is 12.1. The van der Waals surface area contributed by atoms with Crippen molar-refractivity contribution in [2.24, 2.45) is 0 Å². The molecule has 154 valence electrons. The molecule has 2 aromatic carbocycles. The predicted octanol–water partition coefficient (Wildman–Crippen LogP) is 0.467. The number of rotatable bonds is 6. The summed E-state index contributed by atoms with van der Waals surface area (Å²) in [5, 5.41) is 48.5. The number of benzene rings is 2. The van der Waals surface area contributed by atoms with E-state index >= 15 is 0 Å². The molecule has 8 heteroatoms. The van der Waals surface area contributed by atoms with E-state index in [-0.39, 0.29) is 17.1 Å². The van der Waals surface area contributed by atoms with Gasteiger partial charge < -0.3 is 35.0 Å². The van der Waals surface area contributed by atoms with Gasteiger partial charge in [0.1, 0.15) is 35.9 Å². The van der Waals surface area contributed by atoms with Gasteiger partial charge in [0.15, 0.2) is 5.78 Å². The molecule has 0 unspecified atom stereocenters. The smallest absolute Gasteiger partial charge is 0.229 e. The summed E-state index contributed by atoms with van der Waals surface area (Å²) < 4.78 is 10.8. The second-order valence-electron chi connectivity index (χ2n) is 6.60. The lowest BCUT2D eigenvalue weighted by molar-refractivity contribution is -0.277. The van der Waals surface area contributed by atoms with Crippen molar-refractivity contribution in [3.8, 4) is 11.5 Å². The van der Waals surface area contributed by atoms with Crippen LogP contribution in [0.2, 0.25) is 0 Å². The molecular formula is C21H22O8. The highest BCUT2D eigenvalue weighted by Gasteiger charge is 2.44. The van der Waals surface area contributed by atoms with Gasteiger partial charge in [-0.3, -0.25) is 4.79 Å². The van der Waals surface area contributed by atoms with Gasteiger partial charge in [0.2, 0.25) is 6.29 Å². The quantitative estimate of drug-likeness (QED) is 0.347. The molecule has 1 saturated heterocycles. The Labute approximate surface area is 166 Å². The number of aromatic hydroxyl groups is 1. The van der Waals surface area contributed by atoms with Crippen LogP contribution in [-0.4, -0.2) is 68.6 Å². The summed E-state index contributed by atoms with van der Waals surface area (Å²) in [5.74, 6) is -0.117. The summed E-state index contributed by atoms with van der Waals surface area (Å²) in [4.78, 5) is 12.1. The predicted molar refractivity (Wildman–Crippen MR) is 102 cm³/mol. The summed E-state index contributed by atoms with van der Waals surface area (Å²) >= 11 is 0. The number of hydrogen-bond acceptors (Lipinski definition) is 8. The summed E-state index contributed by atoms with van der Waals surface area (Å²) in [5.41, 5.74) is 0.890. The third kappa shape index (κ3) is 4.81. The Kier molecular flexibility index (Phi) is 6.63. The van der Waals surface area contributed by atoms with Crippen molar-refractivity contribution in [3.63, 3.8) is 0 Å². The van der Waals surface area contributed by atoms with Crippen LogP contribution in [0, 0.1) is 0 Å². The van der Waals surface area contributed by atoms with Crippen molar-refractivity contribution in [3.05, 3.63) is 65.7 Å². The number of allylic oxidation sites excluding steroid dienone is 1. The van der Waals surface area contributed by atoms with E-state index in [2.05, 4.69) is 0 Å². The topological polar surface area (TPSA) is 137 Å². The number of hydrogen-bond donors (Lipinski definition) is 5. The molecule has 2 aromatic rings. The maximum Gasteiger partial charge on any atom is 0.229 e. The van der Waals surface area contributed by atoms with Crippen LogP contribution in [0.5, 0.6) is 11.5 Å². The number of phenolic OH excluding ortho intramolecular Hbond substituents is 1. The monoisotopic (exact) mass is 402 g/mol. The highest BCUT2D eigenvalue weighted by Crippen LogP contribution is 2.25. The molecule has 1 aliphatic heterocycles. The minimum atomic E-state index is -1.52. The normalized spacial score (nSPS) is 27.1. The van der Waals surface area contributed by atoms with E-state index in [4.69, 9.17) is 9.47 Å². The number of ketones is 1. The van der Waals surface area contributed by atoms with E-state index < -0.39 is 37.3 Å². The van der Waals surface area contributed by atoms with Gasteiger partial charge in [-0.25, -0.2) is 0 Å². The lowest BCUT2D eigenvalue weighted by Crippen LogP contribution is -2.60. The molecule has 29 heavy (non-hydrogen) atoms. The van der Waals surface area contributed by atoms with Crippen molar-refractivity contribution < 1.29 is 39.8 Å². The Morgan fingerprint density at radius 3 is 2.34 bits per heavy atom. The molecule has 0 bridgehead atoms. The molecular weight excluding hydrogens is 380 g/mol. The molecule has 0 saturated carbocycles. The minimum absolute atomic E-state index is 0.0922. The second kappa shape index (κ2) is 9.17. The second-order valence-corrected chi connectivity index (χ2v) is 6.60. The zero-order valence-electron chi connectivity index (χ0n) is 15.3. The Morgan fingerprint density at radius 1 is 1.00 bits per heavy atom. The Bertz CT molecular complexity index is 861. The average molecular weight is 402 g/mol. The zero-order valence-corrected chi connectivity index (χ0v) is 15.3. The van der Waals surface area contributed by atoms with Crippen LogP contribution in [0.15, 0.2) is 54.6 Å². The third-order valence-corrected chi connectivity index (χ3v) is 4.58. The fourth-order valence-corrected chi connectivity index (χ4v) is 2.90. The molecule has 5 atom stereocenters. The summed E-state index contributed by atoms with van der Waals surface area (Å²) in [6, 6.07) is 12.7. The zero-order chi connectivity index (χ0) is 21.0. The number of phenols is 1. The number of ether oxygens (including phenoxy) is 2. The first-order chi connectivity index (χ1) is 13.9. The van der Waals surface area contributed by atoms with Crippen LogP contribution < -0.4 is 4.74 Å². The summed E-state index contributed by atoms with van der Waals surface area (Å²) in [6.07, 6.45) is -3.88. The lowest BCUT2D eigenvalue weighted by atomic mass is 9.99. The average Bonchev–Trinajstić information content (AvgIpc) is 2.73. The van der Waals surface area contributed by atoms with Gasteiger partial charge >= 0.3 is 0 Å². The van der Waals surface area contributed by atoms with Gasteiger partial charge in [0.05, 0.1) is 12.2 Å². The van der Waals surface area contributed by atoms with E-state index in [0.717, 1.165) is 0 Å². The molecule has 8 nitrogen and oxygen atoms in total. The minimum Gasteiger partial charge on any atom is -0.507 e. The number of carbonyl (C=O) groups is 1. The van der Waals surface area contributed by atoms with Gasteiger partial charge in [-0.15, -0.1) is 0 Å². The fraction of sp³-hybridized carbons (Fsp3) is 0.286. The lowest BCUT2D eigenvalue weighted by Gasteiger charge is -2.39. The van der Waals surface area contributed by atoms with Crippen molar-refractivity contribution in [2.45, 2.75) is 30.7 Å². The van der Waals surface area contributed by atoms with E-state index in [0.29, 0.717) is 11.3 Å². The largest absolute Gasteiger partial charge is 0.507 e. The van der Waals surface area contributed by atoms with Crippen LogP contribution in [0.1, 0.15) is 15.9 Å². The van der Waals surface area contributed by atoms with Crippen LogP contribution in [0.3, 0.4) is 0 Å². The number of carbonyl (C=O) groups excluding carboxylic acids is 1. The van der Waals surface area contributed by atoms with Crippen molar-refractivity contribution in [1.82, 2.24) is 0 Å². The molecule has 3 rings (SSSR count). The van der Waals surface area contributed by atoms with E-state index in [9.17, 15) is 30.3 Å². The summed E-state index contributed by atoms with van der Waals surface area (Å²) in [6.45, 7) is -0.542. The molecule has 0 aromatic heterocycles. The van der Waals surface area contributed by atoms with Crippen molar-refractivity contribution in [1.29, 1.82) is 0 Å². The maximum absolute atomic E-state index is 12.1. The van der Waals surface area contributed by atoms with Crippen molar-refractivity contribution in [2.75, 3.05) is 6.61 Å². The third-order valence-electron chi connectivity index (χ3n) is 4.58. The molecule has 0 radical (unpaired) electrons. The fourth-order valence-electron chi connectivity index (χ4n) is 2.90. The molecule has 0 spiro atoms. The van der Waals surface area contributed by atoms with Crippen LogP contribution in [-0.2, 0) is 4.74 Å². The van der Waals surface area contributed by atoms with Gasteiger partial charge in [0, 0.05) is 0 Å². The molecule has 1 aliphatic rings. The molecule has 1 fully saturated rings. The van der Waals surface area contributed by atoms with E-state index in [1.807, 2.05) is 0 Å².